The first-order valence-corrected chi connectivity index (χ1v) is 7.73. The van der Waals surface area contributed by atoms with Gasteiger partial charge in [-0.1, -0.05) is 6.92 Å². The first kappa shape index (κ1) is 13.4. The maximum Gasteiger partial charge on any atom is 0.264 e. The number of rotatable bonds is 1. The van der Waals surface area contributed by atoms with Gasteiger partial charge in [-0.3, -0.25) is 4.79 Å². The van der Waals surface area contributed by atoms with Gasteiger partial charge in [0.25, 0.3) is 5.91 Å². The molecule has 2 rings (SSSR count). The Kier molecular flexibility index (Phi) is 4.16. The predicted octanol–water partition coefficient (Wildman–Crippen LogP) is 3.91. The van der Waals surface area contributed by atoms with Crippen molar-refractivity contribution in [2.24, 2.45) is 5.92 Å². The average Bonchev–Trinajstić information content (AvgIpc) is 2.62. The fourth-order valence-corrected chi connectivity index (χ4v) is 3.72. The van der Waals surface area contributed by atoms with Gasteiger partial charge < -0.3 is 4.90 Å². The van der Waals surface area contributed by atoms with E-state index in [9.17, 15) is 4.79 Å². The maximum atomic E-state index is 12.3. The minimum absolute atomic E-state index is 0.0807. The van der Waals surface area contributed by atoms with Gasteiger partial charge in [0.05, 0.1) is 14.0 Å². The molecule has 2 unspecified atom stereocenters. The SMILES string of the molecule is Cc1cc(C(=O)N2CCC(C)C(Cl)C2)sc1Br. The van der Waals surface area contributed by atoms with Gasteiger partial charge in [-0.25, -0.2) is 0 Å². The van der Waals surface area contributed by atoms with E-state index in [1.165, 1.54) is 11.3 Å². The molecule has 1 aliphatic rings. The van der Waals surface area contributed by atoms with E-state index < -0.39 is 0 Å². The fraction of sp³-hybridized carbons (Fsp3) is 0.583. The Labute approximate surface area is 119 Å². The highest BCUT2D eigenvalue weighted by Crippen LogP contribution is 2.30. The molecule has 0 aromatic carbocycles. The van der Waals surface area contributed by atoms with Crippen LogP contribution in [0.15, 0.2) is 9.85 Å². The lowest BCUT2D eigenvalue weighted by molar-refractivity contribution is 0.0706. The van der Waals surface area contributed by atoms with Gasteiger partial charge in [-0.05, 0) is 46.8 Å². The number of hydrogen-bond acceptors (Lipinski definition) is 2. The zero-order valence-electron chi connectivity index (χ0n) is 9.87. The molecular weight excluding hydrogens is 322 g/mol. The molecule has 1 saturated heterocycles. The summed E-state index contributed by atoms with van der Waals surface area (Å²) in [5, 5.41) is 0.0807. The van der Waals surface area contributed by atoms with Crippen LogP contribution in [0, 0.1) is 12.8 Å². The molecule has 0 spiro atoms. The van der Waals surface area contributed by atoms with Crippen molar-refractivity contribution in [3.8, 4) is 0 Å². The van der Waals surface area contributed by atoms with Crippen LogP contribution in [0.1, 0.15) is 28.6 Å². The van der Waals surface area contributed by atoms with Gasteiger partial charge in [0.2, 0.25) is 0 Å². The Balaban J connectivity index is 2.10. The third-order valence-electron chi connectivity index (χ3n) is 3.22. The van der Waals surface area contributed by atoms with E-state index in [0.717, 1.165) is 27.2 Å². The second-order valence-corrected chi connectivity index (χ2v) is 7.53. The lowest BCUT2D eigenvalue weighted by atomic mass is 9.98. The highest BCUT2D eigenvalue weighted by atomic mass is 79.9. The number of aryl methyl sites for hydroxylation is 1. The summed E-state index contributed by atoms with van der Waals surface area (Å²) in [6, 6.07) is 1.94. The van der Waals surface area contributed by atoms with Crippen molar-refractivity contribution in [3.05, 3.63) is 20.3 Å². The molecule has 0 saturated carbocycles. The quantitative estimate of drug-likeness (QED) is 0.712. The Morgan fingerprint density at radius 2 is 2.35 bits per heavy atom. The summed E-state index contributed by atoms with van der Waals surface area (Å²) in [4.78, 5) is 14.9. The zero-order chi connectivity index (χ0) is 12.6. The van der Waals surface area contributed by atoms with Crippen LogP contribution in [-0.2, 0) is 0 Å². The largest absolute Gasteiger partial charge is 0.336 e. The second-order valence-electron chi connectivity index (χ2n) is 4.60. The van der Waals surface area contributed by atoms with E-state index in [1.807, 2.05) is 17.9 Å². The van der Waals surface area contributed by atoms with E-state index in [0.29, 0.717) is 12.5 Å². The number of thiophene rings is 1. The molecule has 1 fully saturated rings. The van der Waals surface area contributed by atoms with Gasteiger partial charge in [-0.2, -0.15) is 0 Å². The van der Waals surface area contributed by atoms with Crippen LogP contribution >= 0.6 is 38.9 Å². The first-order chi connectivity index (χ1) is 7.99. The van der Waals surface area contributed by atoms with Gasteiger partial charge in [-0.15, -0.1) is 22.9 Å². The standard InChI is InChI=1S/C12H15BrClNOS/c1-7-3-4-15(6-9(7)14)12(16)10-5-8(2)11(13)17-10/h5,7,9H,3-4,6H2,1-2H3. The number of hydrogen-bond donors (Lipinski definition) is 0. The Bertz CT molecular complexity index is 415. The summed E-state index contributed by atoms with van der Waals surface area (Å²) in [6.07, 6.45) is 0.992. The lowest BCUT2D eigenvalue weighted by Gasteiger charge is -2.33. The Hall–Kier alpha value is -0.0600. The molecule has 0 N–H and O–H groups in total. The lowest BCUT2D eigenvalue weighted by Crippen LogP contribution is -2.43. The maximum absolute atomic E-state index is 12.3. The highest BCUT2D eigenvalue weighted by Gasteiger charge is 2.28. The van der Waals surface area contributed by atoms with E-state index in [4.69, 9.17) is 11.6 Å². The number of likely N-dealkylation sites (tertiary alicyclic amines) is 1. The molecule has 0 radical (unpaired) electrons. The van der Waals surface area contributed by atoms with Crippen molar-refractivity contribution in [3.63, 3.8) is 0 Å². The molecule has 0 aliphatic carbocycles. The van der Waals surface area contributed by atoms with Crippen LogP contribution in [0.5, 0.6) is 0 Å². The van der Waals surface area contributed by atoms with Crippen LogP contribution in [0.2, 0.25) is 0 Å². The van der Waals surface area contributed by atoms with Crippen LogP contribution in [0.3, 0.4) is 0 Å². The molecular formula is C12H15BrClNOS. The first-order valence-electron chi connectivity index (χ1n) is 5.68. The summed E-state index contributed by atoms with van der Waals surface area (Å²) >= 11 is 11.2. The van der Waals surface area contributed by atoms with E-state index in [2.05, 4.69) is 22.9 Å². The molecule has 1 aromatic rings. The van der Waals surface area contributed by atoms with Gasteiger partial charge in [0.15, 0.2) is 0 Å². The molecule has 94 valence electrons. The average molecular weight is 337 g/mol. The molecule has 5 heteroatoms. The van der Waals surface area contributed by atoms with Gasteiger partial charge >= 0.3 is 0 Å². The summed E-state index contributed by atoms with van der Waals surface area (Å²) < 4.78 is 1.04. The fourth-order valence-electron chi connectivity index (χ4n) is 1.93. The number of alkyl halides is 1. The number of halogens is 2. The number of carbonyl (C=O) groups excluding carboxylic acids is 1. The van der Waals surface area contributed by atoms with Gasteiger partial charge in [0, 0.05) is 13.1 Å². The topological polar surface area (TPSA) is 20.3 Å². The van der Waals surface area contributed by atoms with Crippen LogP contribution in [0.4, 0.5) is 0 Å². The van der Waals surface area contributed by atoms with Crippen LogP contribution in [-0.4, -0.2) is 29.3 Å². The van der Waals surface area contributed by atoms with E-state index >= 15 is 0 Å². The molecule has 17 heavy (non-hydrogen) atoms. The number of carbonyl (C=O) groups is 1. The smallest absolute Gasteiger partial charge is 0.264 e. The molecule has 0 bridgehead atoms. The van der Waals surface area contributed by atoms with Crippen molar-refractivity contribution in [1.82, 2.24) is 4.90 Å². The van der Waals surface area contributed by atoms with E-state index in [-0.39, 0.29) is 11.3 Å². The minimum Gasteiger partial charge on any atom is -0.336 e. The molecule has 2 nitrogen and oxygen atoms in total. The van der Waals surface area contributed by atoms with E-state index in [1.54, 1.807) is 0 Å². The summed E-state index contributed by atoms with van der Waals surface area (Å²) in [6.45, 7) is 5.62. The molecule has 1 aromatic heterocycles. The third-order valence-corrected chi connectivity index (χ3v) is 5.91. The predicted molar refractivity (Wildman–Crippen MR) is 76.1 cm³/mol. The minimum atomic E-state index is 0.0807. The van der Waals surface area contributed by atoms with Crippen molar-refractivity contribution < 1.29 is 4.79 Å². The van der Waals surface area contributed by atoms with Crippen LogP contribution < -0.4 is 0 Å². The molecule has 2 atom stereocenters. The highest BCUT2D eigenvalue weighted by molar-refractivity contribution is 9.11. The van der Waals surface area contributed by atoms with Crippen molar-refractivity contribution in [2.75, 3.05) is 13.1 Å². The Morgan fingerprint density at radius 1 is 1.65 bits per heavy atom. The second kappa shape index (κ2) is 5.29. The summed E-state index contributed by atoms with van der Waals surface area (Å²) in [5.74, 6) is 0.610. The van der Waals surface area contributed by atoms with Gasteiger partial charge in [0.1, 0.15) is 0 Å². The Morgan fingerprint density at radius 3 is 2.88 bits per heavy atom. The monoisotopic (exact) mass is 335 g/mol. The van der Waals surface area contributed by atoms with Crippen molar-refractivity contribution in [1.29, 1.82) is 0 Å². The number of amides is 1. The third kappa shape index (κ3) is 2.85. The molecule has 2 heterocycles. The van der Waals surface area contributed by atoms with Crippen molar-refractivity contribution in [2.45, 2.75) is 25.6 Å². The molecule has 1 amide bonds. The van der Waals surface area contributed by atoms with Crippen molar-refractivity contribution >= 4 is 44.8 Å². The zero-order valence-corrected chi connectivity index (χ0v) is 13.0. The number of piperidine rings is 1. The van der Waals surface area contributed by atoms with Crippen LogP contribution in [0.25, 0.3) is 0 Å². The summed E-state index contributed by atoms with van der Waals surface area (Å²) in [7, 11) is 0. The molecule has 1 aliphatic heterocycles. The summed E-state index contributed by atoms with van der Waals surface area (Å²) in [5.41, 5.74) is 1.12. The number of nitrogens with zero attached hydrogens (tertiary/aromatic N) is 1. The normalized spacial score (nSPS) is 25.1.